The number of benzene rings is 1. The van der Waals surface area contributed by atoms with Gasteiger partial charge in [-0.2, -0.15) is 4.31 Å². The molecule has 0 atom stereocenters. The highest BCUT2D eigenvalue weighted by molar-refractivity contribution is 9.09. The van der Waals surface area contributed by atoms with Gasteiger partial charge >= 0.3 is 0 Å². The third kappa shape index (κ3) is 2.73. The summed E-state index contributed by atoms with van der Waals surface area (Å²) >= 11 is 3.38. The predicted molar refractivity (Wildman–Crippen MR) is 81.3 cm³/mol. The maximum absolute atomic E-state index is 12.6. The molecule has 106 valence electrons. The third-order valence-electron chi connectivity index (χ3n) is 3.91. The first kappa shape index (κ1) is 15.0. The Morgan fingerprint density at radius 2 is 1.89 bits per heavy atom. The molecule has 0 unspecified atom stereocenters. The van der Waals surface area contributed by atoms with Gasteiger partial charge < -0.3 is 0 Å². The Kier molecular flexibility index (Phi) is 4.10. The van der Waals surface area contributed by atoms with E-state index in [4.69, 9.17) is 0 Å². The number of halogens is 1. The smallest absolute Gasteiger partial charge is 0.207 e. The lowest BCUT2D eigenvalue weighted by Gasteiger charge is -2.33. The molecule has 0 aliphatic heterocycles. The standard InChI is InChI=1S/C14H20BrNO2S/c1-14(2,10-15)16(3)19(17,18)13-8-7-11-5-4-6-12(11)9-13/h7-9H,4-6,10H2,1-3H3. The van der Waals surface area contributed by atoms with Crippen LogP contribution in [0.1, 0.15) is 31.4 Å². The summed E-state index contributed by atoms with van der Waals surface area (Å²) in [5, 5.41) is 0.598. The molecule has 0 heterocycles. The van der Waals surface area contributed by atoms with Crippen LogP contribution >= 0.6 is 15.9 Å². The van der Waals surface area contributed by atoms with E-state index in [1.54, 1.807) is 13.1 Å². The lowest BCUT2D eigenvalue weighted by molar-refractivity contribution is 0.299. The minimum Gasteiger partial charge on any atom is -0.207 e. The monoisotopic (exact) mass is 345 g/mol. The molecule has 0 bridgehead atoms. The van der Waals surface area contributed by atoms with Gasteiger partial charge in [0.1, 0.15) is 0 Å². The van der Waals surface area contributed by atoms with Crippen LogP contribution in [0.4, 0.5) is 0 Å². The zero-order valence-electron chi connectivity index (χ0n) is 11.6. The van der Waals surface area contributed by atoms with E-state index in [0.717, 1.165) is 19.3 Å². The molecule has 0 saturated heterocycles. The summed E-state index contributed by atoms with van der Waals surface area (Å²) in [7, 11) is -1.78. The molecular formula is C14H20BrNO2S. The van der Waals surface area contributed by atoms with Gasteiger partial charge in [0.05, 0.1) is 4.90 Å². The van der Waals surface area contributed by atoms with Crippen molar-refractivity contribution in [2.75, 3.05) is 12.4 Å². The minimum atomic E-state index is -3.43. The van der Waals surface area contributed by atoms with E-state index in [0.29, 0.717) is 10.2 Å². The number of hydrogen-bond acceptors (Lipinski definition) is 2. The number of aryl methyl sites for hydroxylation is 2. The lowest BCUT2D eigenvalue weighted by Crippen LogP contribution is -2.46. The van der Waals surface area contributed by atoms with Crippen molar-refractivity contribution in [3.8, 4) is 0 Å². The van der Waals surface area contributed by atoms with Crippen molar-refractivity contribution in [1.82, 2.24) is 4.31 Å². The van der Waals surface area contributed by atoms with Crippen LogP contribution in [0.15, 0.2) is 23.1 Å². The van der Waals surface area contributed by atoms with Crippen molar-refractivity contribution in [3.63, 3.8) is 0 Å². The summed E-state index contributed by atoms with van der Waals surface area (Å²) in [6.45, 7) is 3.82. The van der Waals surface area contributed by atoms with Crippen LogP contribution in [0.3, 0.4) is 0 Å². The molecule has 19 heavy (non-hydrogen) atoms. The van der Waals surface area contributed by atoms with E-state index in [-0.39, 0.29) is 0 Å². The number of rotatable bonds is 4. The second kappa shape index (κ2) is 5.19. The number of alkyl halides is 1. The van der Waals surface area contributed by atoms with Crippen LogP contribution in [0.2, 0.25) is 0 Å². The summed E-state index contributed by atoms with van der Waals surface area (Å²) in [5.74, 6) is 0. The van der Waals surface area contributed by atoms with Crippen molar-refractivity contribution < 1.29 is 8.42 Å². The van der Waals surface area contributed by atoms with Crippen LogP contribution in [-0.2, 0) is 22.9 Å². The summed E-state index contributed by atoms with van der Waals surface area (Å²) in [4.78, 5) is 0.407. The molecule has 0 saturated carbocycles. The minimum absolute atomic E-state index is 0.407. The Labute approximate surface area is 124 Å². The molecule has 3 nitrogen and oxygen atoms in total. The van der Waals surface area contributed by atoms with Crippen molar-refractivity contribution in [2.45, 2.75) is 43.5 Å². The predicted octanol–water partition coefficient (Wildman–Crippen LogP) is 2.97. The van der Waals surface area contributed by atoms with E-state index < -0.39 is 15.6 Å². The zero-order valence-corrected chi connectivity index (χ0v) is 14.0. The topological polar surface area (TPSA) is 37.4 Å². The molecule has 1 aliphatic rings. The molecule has 1 aromatic carbocycles. The molecule has 0 fully saturated rings. The molecule has 0 spiro atoms. The van der Waals surface area contributed by atoms with Crippen molar-refractivity contribution in [1.29, 1.82) is 0 Å². The second-order valence-electron chi connectivity index (χ2n) is 5.70. The molecule has 2 rings (SSSR count). The summed E-state index contributed by atoms with van der Waals surface area (Å²) in [6.07, 6.45) is 3.18. The van der Waals surface area contributed by atoms with Gasteiger partial charge in [-0.15, -0.1) is 0 Å². The fourth-order valence-electron chi connectivity index (χ4n) is 2.28. The van der Waals surface area contributed by atoms with Crippen LogP contribution in [0, 0.1) is 0 Å². The van der Waals surface area contributed by atoms with Gasteiger partial charge in [0.15, 0.2) is 0 Å². The summed E-state index contributed by atoms with van der Waals surface area (Å²) < 4.78 is 26.7. The quantitative estimate of drug-likeness (QED) is 0.786. The Bertz CT molecular complexity index is 581. The number of sulfonamides is 1. The first-order valence-corrected chi connectivity index (χ1v) is 9.02. The Hall–Kier alpha value is -0.390. The van der Waals surface area contributed by atoms with Crippen molar-refractivity contribution in [3.05, 3.63) is 29.3 Å². The van der Waals surface area contributed by atoms with Crippen molar-refractivity contribution >= 4 is 26.0 Å². The van der Waals surface area contributed by atoms with Crippen LogP contribution in [0.5, 0.6) is 0 Å². The second-order valence-corrected chi connectivity index (χ2v) is 8.23. The molecule has 0 radical (unpaired) electrons. The van der Waals surface area contributed by atoms with Gasteiger partial charge in [0, 0.05) is 17.9 Å². The van der Waals surface area contributed by atoms with Gasteiger partial charge in [-0.3, -0.25) is 0 Å². The molecule has 0 aromatic heterocycles. The highest BCUT2D eigenvalue weighted by Crippen LogP contribution is 2.28. The first-order chi connectivity index (χ1) is 8.79. The fourth-order valence-corrected chi connectivity index (χ4v) is 4.38. The Morgan fingerprint density at radius 3 is 2.53 bits per heavy atom. The first-order valence-electron chi connectivity index (χ1n) is 6.46. The van der Waals surface area contributed by atoms with Crippen LogP contribution < -0.4 is 0 Å². The van der Waals surface area contributed by atoms with Gasteiger partial charge in [0.25, 0.3) is 0 Å². The third-order valence-corrected chi connectivity index (χ3v) is 7.35. The van der Waals surface area contributed by atoms with Crippen LogP contribution in [-0.4, -0.2) is 30.6 Å². The molecule has 0 amide bonds. The number of nitrogens with zero attached hydrogens (tertiary/aromatic N) is 1. The average molecular weight is 346 g/mol. The van der Waals surface area contributed by atoms with E-state index >= 15 is 0 Å². The van der Waals surface area contributed by atoms with E-state index in [1.165, 1.54) is 15.4 Å². The van der Waals surface area contributed by atoms with Gasteiger partial charge in [0.2, 0.25) is 10.0 Å². The summed E-state index contributed by atoms with van der Waals surface area (Å²) in [5.41, 5.74) is 2.03. The highest BCUT2D eigenvalue weighted by atomic mass is 79.9. The largest absolute Gasteiger partial charge is 0.243 e. The summed E-state index contributed by atoms with van der Waals surface area (Å²) in [6, 6.07) is 5.54. The number of hydrogen-bond donors (Lipinski definition) is 0. The van der Waals surface area contributed by atoms with E-state index in [2.05, 4.69) is 15.9 Å². The Balaban J connectivity index is 2.40. The highest BCUT2D eigenvalue weighted by Gasteiger charge is 2.33. The van der Waals surface area contributed by atoms with Crippen molar-refractivity contribution in [2.24, 2.45) is 0 Å². The maximum atomic E-state index is 12.6. The van der Waals surface area contributed by atoms with Crippen LogP contribution in [0.25, 0.3) is 0 Å². The number of fused-ring (bicyclic) bond motifs is 1. The average Bonchev–Trinajstić information content (AvgIpc) is 2.84. The van der Waals surface area contributed by atoms with E-state index in [9.17, 15) is 8.42 Å². The Morgan fingerprint density at radius 1 is 1.26 bits per heavy atom. The molecular weight excluding hydrogens is 326 g/mol. The van der Waals surface area contributed by atoms with Gasteiger partial charge in [-0.05, 0) is 56.4 Å². The molecule has 1 aliphatic carbocycles. The SMILES string of the molecule is CN(C(C)(C)CBr)S(=O)(=O)c1ccc2c(c1)CCC2. The lowest BCUT2D eigenvalue weighted by atomic mass is 10.1. The van der Waals surface area contributed by atoms with Gasteiger partial charge in [-0.1, -0.05) is 22.0 Å². The maximum Gasteiger partial charge on any atom is 0.243 e. The zero-order chi connectivity index (χ0) is 14.3. The molecule has 5 heteroatoms. The molecule has 0 N–H and O–H groups in total. The fraction of sp³-hybridized carbons (Fsp3) is 0.571. The van der Waals surface area contributed by atoms with Gasteiger partial charge in [-0.25, -0.2) is 8.42 Å². The molecule has 1 aromatic rings. The normalized spacial score (nSPS) is 15.8. The van der Waals surface area contributed by atoms with E-state index in [1.807, 2.05) is 26.0 Å².